The molecule has 0 spiro atoms. The monoisotopic (exact) mass is 392 g/mol. The van der Waals surface area contributed by atoms with Gasteiger partial charge in [-0.05, 0) is 55.0 Å². The lowest BCUT2D eigenvalue weighted by Crippen LogP contribution is -1.99. The highest BCUT2D eigenvalue weighted by atomic mass is 35.5. The van der Waals surface area contributed by atoms with E-state index in [1.165, 1.54) is 0 Å². The number of ketones is 1. The van der Waals surface area contributed by atoms with Gasteiger partial charge >= 0.3 is 0 Å². The van der Waals surface area contributed by atoms with Gasteiger partial charge in [0.25, 0.3) is 0 Å². The van der Waals surface area contributed by atoms with Crippen molar-refractivity contribution in [3.8, 4) is 11.5 Å². The Kier molecular flexibility index (Phi) is 6.51. The number of ether oxygens (including phenoxy) is 2. The van der Waals surface area contributed by atoms with Crippen molar-refractivity contribution in [2.75, 3.05) is 7.11 Å². The van der Waals surface area contributed by atoms with Gasteiger partial charge in [0.2, 0.25) is 0 Å². The maximum absolute atomic E-state index is 12.3. The van der Waals surface area contributed by atoms with Crippen molar-refractivity contribution in [1.29, 1.82) is 0 Å². The number of allylic oxidation sites excluding steroid dienone is 1. The molecule has 0 saturated carbocycles. The van der Waals surface area contributed by atoms with E-state index in [1.54, 1.807) is 31.4 Å². The topological polar surface area (TPSA) is 35.5 Å². The fourth-order valence-corrected chi connectivity index (χ4v) is 2.82. The van der Waals surface area contributed by atoms with Crippen LogP contribution in [0.1, 0.15) is 27.0 Å². The number of hydrogen-bond donors (Lipinski definition) is 0. The SMILES string of the molecule is COc1ccc(/C=C/C(=O)c2ccc(C)cc2)cc1COc1ccc(Cl)cc1. The summed E-state index contributed by atoms with van der Waals surface area (Å²) in [7, 11) is 1.62. The van der Waals surface area contributed by atoms with Crippen LogP contribution >= 0.6 is 11.6 Å². The number of aryl methyl sites for hydroxylation is 1. The minimum Gasteiger partial charge on any atom is -0.496 e. The van der Waals surface area contributed by atoms with Gasteiger partial charge in [-0.2, -0.15) is 0 Å². The summed E-state index contributed by atoms with van der Waals surface area (Å²) < 4.78 is 11.2. The first-order valence-corrected chi connectivity index (χ1v) is 9.27. The zero-order valence-corrected chi connectivity index (χ0v) is 16.6. The summed E-state index contributed by atoms with van der Waals surface area (Å²) >= 11 is 5.90. The zero-order chi connectivity index (χ0) is 19.9. The van der Waals surface area contributed by atoms with Gasteiger partial charge in [0.1, 0.15) is 18.1 Å². The third-order valence-corrected chi connectivity index (χ3v) is 4.53. The van der Waals surface area contributed by atoms with Crippen molar-refractivity contribution < 1.29 is 14.3 Å². The van der Waals surface area contributed by atoms with Gasteiger partial charge in [0, 0.05) is 16.1 Å². The summed E-state index contributed by atoms with van der Waals surface area (Å²) in [5, 5.41) is 0.662. The van der Waals surface area contributed by atoms with Crippen molar-refractivity contribution in [3.05, 3.63) is 100 Å². The van der Waals surface area contributed by atoms with Crippen molar-refractivity contribution in [1.82, 2.24) is 0 Å². The highest BCUT2D eigenvalue weighted by molar-refractivity contribution is 6.30. The van der Waals surface area contributed by atoms with E-state index in [0.717, 1.165) is 28.2 Å². The molecule has 3 rings (SSSR count). The van der Waals surface area contributed by atoms with Crippen LogP contribution in [-0.2, 0) is 6.61 Å². The third kappa shape index (κ3) is 5.24. The van der Waals surface area contributed by atoms with Crippen LogP contribution in [-0.4, -0.2) is 12.9 Å². The predicted molar refractivity (Wildman–Crippen MR) is 113 cm³/mol. The average Bonchev–Trinajstić information content (AvgIpc) is 2.72. The molecule has 0 aliphatic rings. The lowest BCUT2D eigenvalue weighted by Gasteiger charge is -2.11. The molecule has 0 saturated heterocycles. The Morgan fingerprint density at radius 2 is 1.71 bits per heavy atom. The van der Waals surface area contributed by atoms with Crippen LogP contribution in [0.5, 0.6) is 11.5 Å². The van der Waals surface area contributed by atoms with Gasteiger partial charge in [-0.25, -0.2) is 0 Å². The van der Waals surface area contributed by atoms with E-state index in [4.69, 9.17) is 21.1 Å². The lowest BCUT2D eigenvalue weighted by molar-refractivity contribution is 0.104. The second kappa shape index (κ2) is 9.25. The van der Waals surface area contributed by atoms with Gasteiger partial charge < -0.3 is 9.47 Å². The van der Waals surface area contributed by atoms with Crippen molar-refractivity contribution in [2.24, 2.45) is 0 Å². The summed E-state index contributed by atoms with van der Waals surface area (Å²) in [6, 6.07) is 20.5. The number of hydrogen-bond acceptors (Lipinski definition) is 3. The molecular formula is C24H21ClO3. The fourth-order valence-electron chi connectivity index (χ4n) is 2.69. The van der Waals surface area contributed by atoms with E-state index in [9.17, 15) is 4.79 Å². The first-order valence-electron chi connectivity index (χ1n) is 8.89. The maximum Gasteiger partial charge on any atom is 0.185 e. The second-order valence-electron chi connectivity index (χ2n) is 6.38. The molecule has 0 amide bonds. The van der Waals surface area contributed by atoms with Gasteiger partial charge in [-0.15, -0.1) is 0 Å². The molecule has 4 heteroatoms. The molecule has 0 heterocycles. The largest absolute Gasteiger partial charge is 0.496 e. The van der Waals surface area contributed by atoms with Crippen molar-refractivity contribution >= 4 is 23.5 Å². The number of halogens is 1. The highest BCUT2D eigenvalue weighted by Crippen LogP contribution is 2.24. The molecule has 0 bridgehead atoms. The van der Waals surface area contributed by atoms with E-state index in [2.05, 4.69) is 0 Å². The summed E-state index contributed by atoms with van der Waals surface area (Å²) in [5.74, 6) is 1.42. The molecule has 0 unspecified atom stereocenters. The highest BCUT2D eigenvalue weighted by Gasteiger charge is 2.06. The van der Waals surface area contributed by atoms with Crippen molar-refractivity contribution in [2.45, 2.75) is 13.5 Å². The Hall–Kier alpha value is -3.04. The Morgan fingerprint density at radius 1 is 1.00 bits per heavy atom. The molecule has 0 atom stereocenters. The van der Waals surface area contributed by atoms with Crippen LogP contribution in [0.15, 0.2) is 72.8 Å². The summed E-state index contributed by atoms with van der Waals surface area (Å²) in [4.78, 5) is 12.3. The molecule has 28 heavy (non-hydrogen) atoms. The number of carbonyl (C=O) groups excluding carboxylic acids is 1. The van der Waals surface area contributed by atoms with Crippen LogP contribution in [0.4, 0.5) is 0 Å². The van der Waals surface area contributed by atoms with Gasteiger partial charge in [-0.3, -0.25) is 4.79 Å². The van der Waals surface area contributed by atoms with E-state index >= 15 is 0 Å². The Morgan fingerprint density at radius 3 is 2.39 bits per heavy atom. The molecular weight excluding hydrogens is 372 g/mol. The molecule has 3 nitrogen and oxygen atoms in total. The quantitative estimate of drug-likeness (QED) is 0.358. The van der Waals surface area contributed by atoms with Crippen LogP contribution < -0.4 is 9.47 Å². The van der Waals surface area contributed by atoms with Gasteiger partial charge in [0.05, 0.1) is 7.11 Å². The Labute approximate surface area is 170 Å². The minimum absolute atomic E-state index is 0.0326. The molecule has 0 aliphatic carbocycles. The summed E-state index contributed by atoms with van der Waals surface area (Å²) in [6.45, 7) is 2.34. The molecule has 3 aromatic carbocycles. The van der Waals surface area contributed by atoms with Gasteiger partial charge in [-0.1, -0.05) is 53.6 Å². The summed E-state index contributed by atoms with van der Waals surface area (Å²) in [5.41, 5.74) is 3.58. The molecule has 3 aromatic rings. The molecule has 0 aromatic heterocycles. The second-order valence-corrected chi connectivity index (χ2v) is 6.81. The summed E-state index contributed by atoms with van der Waals surface area (Å²) in [6.07, 6.45) is 3.38. The first kappa shape index (κ1) is 19.7. The zero-order valence-electron chi connectivity index (χ0n) is 15.8. The van der Waals surface area contributed by atoms with Crippen LogP contribution in [0, 0.1) is 6.92 Å². The maximum atomic E-state index is 12.3. The lowest BCUT2D eigenvalue weighted by atomic mass is 10.1. The molecule has 0 aliphatic heterocycles. The Bertz CT molecular complexity index is 974. The van der Waals surface area contributed by atoms with E-state index in [1.807, 2.05) is 61.5 Å². The molecule has 0 fully saturated rings. The Balaban J connectivity index is 1.73. The fraction of sp³-hybridized carbons (Fsp3) is 0.125. The average molecular weight is 393 g/mol. The minimum atomic E-state index is -0.0326. The van der Waals surface area contributed by atoms with Crippen molar-refractivity contribution in [3.63, 3.8) is 0 Å². The van der Waals surface area contributed by atoms with E-state index in [0.29, 0.717) is 17.2 Å². The third-order valence-electron chi connectivity index (χ3n) is 4.28. The van der Waals surface area contributed by atoms with Crippen LogP contribution in [0.25, 0.3) is 6.08 Å². The van der Waals surface area contributed by atoms with E-state index in [-0.39, 0.29) is 5.78 Å². The smallest absolute Gasteiger partial charge is 0.185 e. The number of methoxy groups -OCH3 is 1. The number of rotatable bonds is 7. The van der Waals surface area contributed by atoms with Crippen LogP contribution in [0.3, 0.4) is 0 Å². The molecule has 0 N–H and O–H groups in total. The first-order chi connectivity index (χ1) is 13.5. The van der Waals surface area contributed by atoms with Crippen LogP contribution in [0.2, 0.25) is 5.02 Å². The normalized spacial score (nSPS) is 10.8. The van der Waals surface area contributed by atoms with E-state index < -0.39 is 0 Å². The predicted octanol–water partition coefficient (Wildman–Crippen LogP) is 6.13. The molecule has 142 valence electrons. The number of carbonyl (C=O) groups is 1. The van der Waals surface area contributed by atoms with Gasteiger partial charge in [0.15, 0.2) is 5.78 Å². The molecule has 0 radical (unpaired) electrons. The number of benzene rings is 3. The standard InChI is InChI=1S/C24H21ClO3/c1-17-3-7-19(8-4-17)23(26)13-5-18-6-14-24(27-2)20(15-18)16-28-22-11-9-21(25)10-12-22/h3-15H,16H2,1-2H3/b13-5+.